The summed E-state index contributed by atoms with van der Waals surface area (Å²) in [6, 6.07) is 7.06. The standard InChI is InChI=1S/C20H26N5O3/c1-13(2)9-12-28-15-7-5-14(6-8-15)24-10-11-25-16-17(21-19(24)25)22(3)20(27)23(4)18(16)26/h5-8,13,16H,9-12H2,1-4H3/q+1. The first-order chi connectivity index (χ1) is 13.4. The molecule has 4 rings (SSSR count). The number of amidine groups is 1. The summed E-state index contributed by atoms with van der Waals surface area (Å²) in [5, 5.41) is 0. The molecule has 3 amide bonds. The Hall–Kier alpha value is -2.90. The summed E-state index contributed by atoms with van der Waals surface area (Å²) in [5.74, 6) is 2.45. The van der Waals surface area contributed by atoms with Crippen molar-refractivity contribution in [2.45, 2.75) is 26.3 Å². The lowest BCUT2D eigenvalue weighted by Crippen LogP contribution is -2.61. The van der Waals surface area contributed by atoms with Crippen molar-refractivity contribution in [1.82, 2.24) is 9.80 Å². The average Bonchev–Trinajstić information content (AvgIpc) is 3.24. The van der Waals surface area contributed by atoms with Gasteiger partial charge in [-0.2, -0.15) is 0 Å². The Kier molecular flexibility index (Phi) is 4.56. The lowest BCUT2D eigenvalue weighted by molar-refractivity contribution is -0.525. The third kappa shape index (κ3) is 2.93. The second-order valence-corrected chi connectivity index (χ2v) is 7.78. The van der Waals surface area contributed by atoms with Gasteiger partial charge in [0.05, 0.1) is 13.2 Å². The number of ether oxygens (including phenoxy) is 1. The molecular weight excluding hydrogens is 358 g/mol. The molecule has 1 atom stereocenters. The zero-order valence-electron chi connectivity index (χ0n) is 16.8. The SMILES string of the molecule is CC(C)CCOc1ccc(N2CC[N+]3=C2N=C2C3C(=O)N(C)C(=O)N2C)cc1. The van der Waals surface area contributed by atoms with Crippen molar-refractivity contribution in [1.29, 1.82) is 0 Å². The van der Waals surface area contributed by atoms with E-state index in [0.717, 1.165) is 30.4 Å². The lowest BCUT2D eigenvalue weighted by Gasteiger charge is -2.31. The first-order valence-electron chi connectivity index (χ1n) is 9.66. The monoisotopic (exact) mass is 384 g/mol. The Balaban J connectivity index is 1.54. The van der Waals surface area contributed by atoms with Crippen LogP contribution in [0.2, 0.25) is 0 Å². The topological polar surface area (TPSA) is 68.5 Å². The maximum atomic E-state index is 12.6. The van der Waals surface area contributed by atoms with Crippen LogP contribution in [0, 0.1) is 5.92 Å². The Morgan fingerprint density at radius 2 is 1.89 bits per heavy atom. The van der Waals surface area contributed by atoms with E-state index >= 15 is 0 Å². The van der Waals surface area contributed by atoms with E-state index in [2.05, 4.69) is 23.7 Å². The normalized spacial score (nSPS) is 21.5. The van der Waals surface area contributed by atoms with Crippen molar-refractivity contribution in [2.24, 2.45) is 10.9 Å². The third-order valence-electron chi connectivity index (χ3n) is 5.43. The van der Waals surface area contributed by atoms with E-state index in [4.69, 9.17) is 4.74 Å². The Labute approximate surface area is 164 Å². The van der Waals surface area contributed by atoms with Crippen LogP contribution in [0.15, 0.2) is 29.3 Å². The van der Waals surface area contributed by atoms with E-state index in [0.29, 0.717) is 24.9 Å². The van der Waals surface area contributed by atoms with Gasteiger partial charge in [-0.3, -0.25) is 14.6 Å². The minimum atomic E-state index is -0.522. The molecule has 0 aliphatic carbocycles. The van der Waals surface area contributed by atoms with Crippen molar-refractivity contribution >= 4 is 29.4 Å². The number of aliphatic imine (C=N–C) groups is 1. The molecule has 1 unspecified atom stereocenters. The van der Waals surface area contributed by atoms with E-state index in [-0.39, 0.29) is 11.9 Å². The highest BCUT2D eigenvalue weighted by Crippen LogP contribution is 2.27. The van der Waals surface area contributed by atoms with Gasteiger partial charge in [0.25, 0.3) is 5.91 Å². The highest BCUT2D eigenvalue weighted by atomic mass is 16.5. The number of imide groups is 1. The van der Waals surface area contributed by atoms with Crippen LogP contribution in [0.3, 0.4) is 0 Å². The van der Waals surface area contributed by atoms with Crippen LogP contribution in [-0.4, -0.2) is 77.9 Å². The van der Waals surface area contributed by atoms with Crippen LogP contribution in [0.5, 0.6) is 5.75 Å². The Bertz CT molecular complexity index is 874. The van der Waals surface area contributed by atoms with Crippen molar-refractivity contribution in [3.05, 3.63) is 24.3 Å². The van der Waals surface area contributed by atoms with Gasteiger partial charge in [0.15, 0.2) is 0 Å². The Morgan fingerprint density at radius 1 is 1.18 bits per heavy atom. The highest BCUT2D eigenvalue weighted by molar-refractivity contribution is 6.24. The van der Waals surface area contributed by atoms with Gasteiger partial charge in [-0.25, -0.2) is 14.3 Å². The number of fused-ring (bicyclic) bond motifs is 2. The maximum absolute atomic E-state index is 12.6. The molecule has 0 saturated carbocycles. The molecule has 0 spiro atoms. The van der Waals surface area contributed by atoms with Gasteiger partial charge in [0.2, 0.25) is 11.9 Å². The van der Waals surface area contributed by atoms with E-state index < -0.39 is 6.04 Å². The summed E-state index contributed by atoms with van der Waals surface area (Å²) >= 11 is 0. The predicted molar refractivity (Wildman–Crippen MR) is 106 cm³/mol. The number of carbonyl (C=O) groups is 2. The van der Waals surface area contributed by atoms with E-state index in [9.17, 15) is 9.59 Å². The van der Waals surface area contributed by atoms with Crippen molar-refractivity contribution < 1.29 is 18.9 Å². The molecule has 148 valence electrons. The third-order valence-corrected chi connectivity index (χ3v) is 5.43. The number of carbonyl (C=O) groups excluding carboxylic acids is 2. The average molecular weight is 384 g/mol. The number of amides is 3. The molecule has 8 nitrogen and oxygen atoms in total. The van der Waals surface area contributed by atoms with Crippen LogP contribution in [0.1, 0.15) is 20.3 Å². The minimum Gasteiger partial charge on any atom is -0.494 e. The van der Waals surface area contributed by atoms with Crippen LogP contribution < -0.4 is 9.64 Å². The largest absolute Gasteiger partial charge is 0.494 e. The lowest BCUT2D eigenvalue weighted by atomic mass is 10.1. The zero-order chi connectivity index (χ0) is 20.0. The van der Waals surface area contributed by atoms with Crippen LogP contribution in [0.4, 0.5) is 10.5 Å². The molecule has 28 heavy (non-hydrogen) atoms. The number of benzene rings is 1. The van der Waals surface area contributed by atoms with Crippen molar-refractivity contribution in [2.75, 3.05) is 38.7 Å². The molecule has 0 radical (unpaired) electrons. The molecule has 1 fully saturated rings. The molecular formula is C20H26N5O3+. The van der Waals surface area contributed by atoms with Crippen LogP contribution >= 0.6 is 0 Å². The van der Waals surface area contributed by atoms with Crippen molar-refractivity contribution in [3.63, 3.8) is 0 Å². The molecule has 1 aromatic carbocycles. The maximum Gasteiger partial charge on any atom is 0.397 e. The summed E-state index contributed by atoms with van der Waals surface area (Å²) in [4.78, 5) is 34.2. The summed E-state index contributed by atoms with van der Waals surface area (Å²) in [6.07, 6.45) is 1.02. The number of likely N-dealkylation sites (N-methyl/N-ethyl adjacent to an activating group) is 2. The molecule has 0 bridgehead atoms. The van der Waals surface area contributed by atoms with Gasteiger partial charge in [-0.05, 0) is 36.6 Å². The zero-order valence-corrected chi connectivity index (χ0v) is 16.8. The fraction of sp³-hybridized carbons (Fsp3) is 0.500. The molecule has 3 heterocycles. The van der Waals surface area contributed by atoms with Gasteiger partial charge in [0.1, 0.15) is 18.0 Å². The highest BCUT2D eigenvalue weighted by Gasteiger charge is 2.54. The Morgan fingerprint density at radius 3 is 2.57 bits per heavy atom. The van der Waals surface area contributed by atoms with Gasteiger partial charge < -0.3 is 4.74 Å². The van der Waals surface area contributed by atoms with Gasteiger partial charge in [-0.1, -0.05) is 18.8 Å². The second kappa shape index (κ2) is 6.92. The number of hydrogen-bond donors (Lipinski definition) is 0. The van der Waals surface area contributed by atoms with E-state index in [1.54, 1.807) is 7.05 Å². The van der Waals surface area contributed by atoms with Gasteiger partial charge in [0, 0.05) is 14.1 Å². The van der Waals surface area contributed by atoms with E-state index in [1.807, 2.05) is 28.8 Å². The summed E-state index contributed by atoms with van der Waals surface area (Å²) in [7, 11) is 3.18. The minimum absolute atomic E-state index is 0.229. The fourth-order valence-corrected chi connectivity index (χ4v) is 3.72. The summed E-state index contributed by atoms with van der Waals surface area (Å²) < 4.78 is 7.77. The number of nitrogens with zero attached hydrogens (tertiary/aromatic N) is 5. The molecule has 0 aromatic heterocycles. The first-order valence-corrected chi connectivity index (χ1v) is 9.66. The number of urea groups is 1. The van der Waals surface area contributed by atoms with E-state index in [1.165, 1.54) is 16.8 Å². The molecule has 8 heteroatoms. The first kappa shape index (κ1) is 18.5. The van der Waals surface area contributed by atoms with Crippen molar-refractivity contribution in [3.8, 4) is 5.75 Å². The van der Waals surface area contributed by atoms with Crippen LogP contribution in [-0.2, 0) is 4.79 Å². The van der Waals surface area contributed by atoms with Gasteiger partial charge in [-0.15, -0.1) is 0 Å². The molecule has 1 saturated heterocycles. The van der Waals surface area contributed by atoms with Gasteiger partial charge >= 0.3 is 12.0 Å². The smallest absolute Gasteiger partial charge is 0.397 e. The number of anilines is 1. The molecule has 0 N–H and O–H groups in total. The second-order valence-electron chi connectivity index (χ2n) is 7.78. The summed E-state index contributed by atoms with van der Waals surface area (Å²) in [6.45, 7) is 6.48. The quantitative estimate of drug-likeness (QED) is 0.724. The molecule has 3 aliphatic heterocycles. The predicted octanol–water partition coefficient (Wildman–Crippen LogP) is 1.60. The number of hydrogen-bond acceptors (Lipinski definition) is 5. The number of guanidine groups is 1. The summed E-state index contributed by atoms with van der Waals surface area (Å²) in [5.41, 5.74) is 0.992. The fourth-order valence-electron chi connectivity index (χ4n) is 3.72. The van der Waals surface area contributed by atoms with Crippen LogP contribution in [0.25, 0.3) is 0 Å². The molecule has 3 aliphatic rings. The molecule has 1 aromatic rings. The number of rotatable bonds is 5.